The Morgan fingerprint density at radius 1 is 1.04 bits per heavy atom. The quantitative estimate of drug-likeness (QED) is 0.515. The molecule has 0 aliphatic carbocycles. The van der Waals surface area contributed by atoms with Gasteiger partial charge in [0.25, 0.3) is 5.91 Å². The van der Waals surface area contributed by atoms with E-state index in [9.17, 15) is 4.79 Å². The van der Waals surface area contributed by atoms with Crippen LogP contribution in [0.4, 0.5) is 0 Å². The van der Waals surface area contributed by atoms with Crippen molar-refractivity contribution in [3.05, 3.63) is 63.1 Å². The first-order valence-corrected chi connectivity index (χ1v) is 9.72. The zero-order valence-corrected chi connectivity index (χ0v) is 16.8. The van der Waals surface area contributed by atoms with Gasteiger partial charge in [0.1, 0.15) is 0 Å². The summed E-state index contributed by atoms with van der Waals surface area (Å²) in [5.74, 6) is 0.226. The molecule has 0 aliphatic rings. The number of nitrogens with one attached hydrogen (secondary N) is 1. The Morgan fingerprint density at radius 2 is 1.69 bits per heavy atom. The molecule has 5 heteroatoms. The predicted molar refractivity (Wildman–Crippen MR) is 108 cm³/mol. The molecule has 2 rings (SSSR count). The number of carbonyl (C=O) groups is 1. The molecule has 0 unspecified atom stereocenters. The highest BCUT2D eigenvalue weighted by Gasteiger charge is 2.14. The molecule has 2 aromatic rings. The van der Waals surface area contributed by atoms with Crippen molar-refractivity contribution in [1.29, 1.82) is 0 Å². The first-order valence-electron chi connectivity index (χ1n) is 8.97. The molecule has 0 aromatic heterocycles. The van der Waals surface area contributed by atoms with Crippen LogP contribution in [0.5, 0.6) is 5.75 Å². The lowest BCUT2D eigenvalue weighted by atomic mass is 10.1. The maximum Gasteiger partial charge on any atom is 0.251 e. The van der Waals surface area contributed by atoms with E-state index in [-0.39, 0.29) is 5.91 Å². The van der Waals surface area contributed by atoms with Crippen molar-refractivity contribution in [2.24, 2.45) is 0 Å². The molecular weight excluding hydrogens is 369 g/mol. The molecule has 0 fully saturated rings. The molecule has 26 heavy (non-hydrogen) atoms. The van der Waals surface area contributed by atoms with Gasteiger partial charge >= 0.3 is 0 Å². The highest BCUT2D eigenvalue weighted by Crippen LogP contribution is 2.34. The van der Waals surface area contributed by atoms with E-state index < -0.39 is 0 Å². The fraction of sp³-hybridized carbons (Fsp3) is 0.381. The maximum atomic E-state index is 12.4. The largest absolute Gasteiger partial charge is 0.490 e. The third-order valence-corrected chi connectivity index (χ3v) is 4.64. The van der Waals surface area contributed by atoms with Crippen molar-refractivity contribution in [3.63, 3.8) is 0 Å². The monoisotopic (exact) mass is 393 g/mol. The van der Waals surface area contributed by atoms with Gasteiger partial charge in [-0.3, -0.25) is 4.79 Å². The summed E-state index contributed by atoms with van der Waals surface area (Å²) in [6.07, 6.45) is 4.43. The van der Waals surface area contributed by atoms with E-state index in [1.807, 2.05) is 31.2 Å². The summed E-state index contributed by atoms with van der Waals surface area (Å²) in [5, 5.41) is 3.59. The highest BCUT2D eigenvalue weighted by atomic mass is 35.5. The van der Waals surface area contributed by atoms with E-state index in [4.69, 9.17) is 27.9 Å². The molecule has 3 nitrogen and oxygen atoms in total. The number of carbonyl (C=O) groups excluding carboxylic acids is 1. The van der Waals surface area contributed by atoms with Gasteiger partial charge in [-0.05, 0) is 31.0 Å². The van der Waals surface area contributed by atoms with E-state index in [1.165, 1.54) is 18.4 Å². The Kier molecular flexibility index (Phi) is 8.27. The number of amides is 1. The fourth-order valence-corrected chi connectivity index (χ4v) is 3.12. The highest BCUT2D eigenvalue weighted by molar-refractivity contribution is 6.37. The minimum atomic E-state index is -0.219. The second-order valence-corrected chi connectivity index (χ2v) is 7.16. The van der Waals surface area contributed by atoms with Gasteiger partial charge < -0.3 is 10.1 Å². The minimum Gasteiger partial charge on any atom is -0.490 e. The molecule has 0 aliphatic heterocycles. The van der Waals surface area contributed by atoms with E-state index >= 15 is 0 Å². The maximum absolute atomic E-state index is 12.4. The molecule has 2 aromatic carbocycles. The van der Waals surface area contributed by atoms with Gasteiger partial charge in [-0.1, -0.05) is 79.2 Å². The molecule has 0 saturated carbocycles. The average molecular weight is 394 g/mol. The summed E-state index contributed by atoms with van der Waals surface area (Å²) in [7, 11) is 0. The summed E-state index contributed by atoms with van der Waals surface area (Å²) in [4.78, 5) is 12.4. The van der Waals surface area contributed by atoms with Crippen LogP contribution in [0.25, 0.3) is 0 Å². The van der Waals surface area contributed by atoms with Crippen molar-refractivity contribution in [2.45, 2.75) is 46.1 Å². The molecule has 1 N–H and O–H groups in total. The van der Waals surface area contributed by atoms with Crippen LogP contribution in [-0.4, -0.2) is 12.5 Å². The number of hydrogen-bond acceptors (Lipinski definition) is 2. The van der Waals surface area contributed by atoms with Gasteiger partial charge in [0, 0.05) is 12.1 Å². The van der Waals surface area contributed by atoms with E-state index in [0.29, 0.717) is 34.5 Å². The Bertz CT molecular complexity index is 706. The molecule has 0 saturated heterocycles. The van der Waals surface area contributed by atoms with Crippen molar-refractivity contribution in [2.75, 3.05) is 6.61 Å². The van der Waals surface area contributed by atoms with E-state index in [2.05, 4.69) is 12.2 Å². The molecule has 140 valence electrons. The SMILES string of the molecule is CCCCCCOc1c(Cl)cc(C(=O)NCc2ccc(C)cc2)cc1Cl. The second-order valence-electron chi connectivity index (χ2n) is 6.35. The van der Waals surface area contributed by atoms with Gasteiger partial charge in [-0.2, -0.15) is 0 Å². The zero-order valence-electron chi connectivity index (χ0n) is 15.3. The third kappa shape index (κ3) is 6.22. The first kappa shape index (κ1) is 20.6. The minimum absolute atomic E-state index is 0.219. The van der Waals surface area contributed by atoms with Crippen molar-refractivity contribution < 1.29 is 9.53 Å². The van der Waals surface area contributed by atoms with Crippen LogP contribution >= 0.6 is 23.2 Å². The van der Waals surface area contributed by atoms with E-state index in [0.717, 1.165) is 18.4 Å². The number of aryl methyl sites for hydroxylation is 1. The van der Waals surface area contributed by atoms with Crippen LogP contribution in [0.3, 0.4) is 0 Å². The zero-order chi connectivity index (χ0) is 18.9. The van der Waals surface area contributed by atoms with Crippen LogP contribution in [-0.2, 0) is 6.54 Å². The summed E-state index contributed by atoms with van der Waals surface area (Å²) in [6, 6.07) is 11.2. The number of unbranched alkanes of at least 4 members (excludes halogenated alkanes) is 3. The van der Waals surface area contributed by atoms with Crippen LogP contribution in [0.15, 0.2) is 36.4 Å². The summed E-state index contributed by atoms with van der Waals surface area (Å²) in [6.45, 7) is 5.21. The van der Waals surface area contributed by atoms with Crippen LogP contribution in [0.2, 0.25) is 10.0 Å². The summed E-state index contributed by atoms with van der Waals surface area (Å²) < 4.78 is 5.69. The smallest absolute Gasteiger partial charge is 0.251 e. The number of hydrogen-bond donors (Lipinski definition) is 1. The normalized spacial score (nSPS) is 10.6. The first-order chi connectivity index (χ1) is 12.5. The van der Waals surface area contributed by atoms with E-state index in [1.54, 1.807) is 12.1 Å². The summed E-state index contributed by atoms with van der Waals surface area (Å²) >= 11 is 12.5. The van der Waals surface area contributed by atoms with Crippen LogP contribution in [0.1, 0.15) is 54.1 Å². The molecule has 0 bridgehead atoms. The Balaban J connectivity index is 1.94. The molecule has 0 heterocycles. The lowest BCUT2D eigenvalue weighted by molar-refractivity contribution is 0.0951. The molecule has 1 amide bonds. The van der Waals surface area contributed by atoms with Crippen LogP contribution < -0.4 is 10.1 Å². The molecule has 0 atom stereocenters. The predicted octanol–water partition coefficient (Wildman–Crippen LogP) is 6.19. The molecule has 0 spiro atoms. The standard InChI is InChI=1S/C21H25Cl2NO2/c1-3-4-5-6-11-26-20-18(22)12-17(13-19(20)23)21(25)24-14-16-9-7-15(2)8-10-16/h7-10,12-13H,3-6,11,14H2,1-2H3,(H,24,25). The van der Waals surface area contributed by atoms with Gasteiger partial charge in [-0.25, -0.2) is 0 Å². The van der Waals surface area contributed by atoms with Gasteiger partial charge in [0.15, 0.2) is 5.75 Å². The number of rotatable bonds is 9. The lowest BCUT2D eigenvalue weighted by Gasteiger charge is -2.12. The number of ether oxygens (including phenoxy) is 1. The van der Waals surface area contributed by atoms with Crippen molar-refractivity contribution >= 4 is 29.1 Å². The molecular formula is C21H25Cl2NO2. The van der Waals surface area contributed by atoms with Crippen molar-refractivity contribution in [3.8, 4) is 5.75 Å². The molecule has 0 radical (unpaired) electrons. The Morgan fingerprint density at radius 3 is 2.31 bits per heavy atom. The second kappa shape index (κ2) is 10.4. The van der Waals surface area contributed by atoms with Gasteiger partial charge in [0.2, 0.25) is 0 Å². The average Bonchev–Trinajstić information content (AvgIpc) is 2.62. The van der Waals surface area contributed by atoms with Gasteiger partial charge in [-0.15, -0.1) is 0 Å². The Labute approximate surface area is 165 Å². The lowest BCUT2D eigenvalue weighted by Crippen LogP contribution is -2.22. The van der Waals surface area contributed by atoms with Gasteiger partial charge in [0.05, 0.1) is 16.7 Å². The topological polar surface area (TPSA) is 38.3 Å². The third-order valence-electron chi connectivity index (χ3n) is 4.08. The van der Waals surface area contributed by atoms with Crippen LogP contribution in [0, 0.1) is 6.92 Å². The Hall–Kier alpha value is -1.71. The number of benzene rings is 2. The number of halogens is 2. The summed E-state index contributed by atoms with van der Waals surface area (Å²) in [5.41, 5.74) is 2.64. The van der Waals surface area contributed by atoms with Crippen molar-refractivity contribution in [1.82, 2.24) is 5.32 Å². The fourth-order valence-electron chi connectivity index (χ4n) is 2.52.